The molecule has 0 aromatic heterocycles. The molecule has 0 N–H and O–H groups in total. The van der Waals surface area contributed by atoms with Crippen molar-refractivity contribution in [3.05, 3.63) is 17.7 Å². The molecule has 0 saturated heterocycles. The van der Waals surface area contributed by atoms with Crippen LogP contribution in [-0.4, -0.2) is 21.1 Å². The maximum atomic E-state index is 11.4. The molecular formula is C11H13ClO4S. The molecular weight excluding hydrogens is 264 g/mol. The summed E-state index contributed by atoms with van der Waals surface area (Å²) in [6.07, 6.45) is 0.710. The molecule has 1 heterocycles. The van der Waals surface area contributed by atoms with E-state index in [0.717, 1.165) is 5.56 Å². The Bertz CT molecular complexity index is 563. The molecule has 94 valence electrons. The van der Waals surface area contributed by atoms with E-state index in [1.807, 2.05) is 13.8 Å². The summed E-state index contributed by atoms with van der Waals surface area (Å²) in [5.74, 6) is 0.801. The average Bonchev–Trinajstić information content (AvgIpc) is 2.47. The molecule has 4 nitrogen and oxygen atoms in total. The molecule has 0 spiro atoms. The highest BCUT2D eigenvalue weighted by Crippen LogP contribution is 2.41. The fraction of sp³-hybridized carbons (Fsp3) is 0.455. The third-order valence-electron chi connectivity index (χ3n) is 2.61. The minimum Gasteiger partial charge on any atom is -0.495 e. The molecule has 0 fully saturated rings. The predicted molar refractivity (Wildman–Crippen MR) is 64.4 cm³/mol. The number of hydrogen-bond acceptors (Lipinski definition) is 4. The van der Waals surface area contributed by atoms with E-state index >= 15 is 0 Å². The van der Waals surface area contributed by atoms with Gasteiger partial charge < -0.3 is 9.47 Å². The van der Waals surface area contributed by atoms with Crippen molar-refractivity contribution >= 4 is 19.7 Å². The van der Waals surface area contributed by atoms with Crippen molar-refractivity contribution in [3.8, 4) is 11.5 Å². The van der Waals surface area contributed by atoms with Gasteiger partial charge in [-0.1, -0.05) is 0 Å². The first-order valence-electron chi connectivity index (χ1n) is 5.07. The summed E-state index contributed by atoms with van der Waals surface area (Å²) in [5.41, 5.74) is 0.595. The van der Waals surface area contributed by atoms with Crippen molar-refractivity contribution in [2.45, 2.75) is 30.8 Å². The largest absolute Gasteiger partial charge is 0.495 e. The Kier molecular flexibility index (Phi) is 2.78. The molecule has 1 aliphatic heterocycles. The third kappa shape index (κ3) is 2.35. The van der Waals surface area contributed by atoms with Gasteiger partial charge in [0.25, 0.3) is 9.05 Å². The first-order valence-corrected chi connectivity index (χ1v) is 7.38. The van der Waals surface area contributed by atoms with Gasteiger partial charge >= 0.3 is 0 Å². The highest BCUT2D eigenvalue weighted by molar-refractivity contribution is 8.13. The van der Waals surface area contributed by atoms with Crippen LogP contribution in [0.3, 0.4) is 0 Å². The van der Waals surface area contributed by atoms with E-state index in [4.69, 9.17) is 20.2 Å². The van der Waals surface area contributed by atoms with E-state index in [1.54, 1.807) is 6.07 Å². The zero-order valence-corrected chi connectivity index (χ0v) is 11.4. The van der Waals surface area contributed by atoms with Crippen molar-refractivity contribution in [1.82, 2.24) is 0 Å². The van der Waals surface area contributed by atoms with Gasteiger partial charge in [0.15, 0.2) is 0 Å². The van der Waals surface area contributed by atoms with E-state index in [1.165, 1.54) is 13.2 Å². The Hall–Kier alpha value is -0.940. The molecule has 0 saturated carbocycles. The number of halogens is 1. The third-order valence-corrected chi connectivity index (χ3v) is 3.95. The van der Waals surface area contributed by atoms with Crippen LogP contribution in [0, 0.1) is 0 Å². The highest BCUT2D eigenvalue weighted by atomic mass is 35.7. The van der Waals surface area contributed by atoms with Crippen LogP contribution in [0.15, 0.2) is 17.0 Å². The summed E-state index contributed by atoms with van der Waals surface area (Å²) in [5, 5.41) is 0. The van der Waals surface area contributed by atoms with Crippen LogP contribution in [0.1, 0.15) is 19.4 Å². The van der Waals surface area contributed by atoms with Gasteiger partial charge in [-0.25, -0.2) is 8.42 Å². The van der Waals surface area contributed by atoms with Crippen molar-refractivity contribution in [1.29, 1.82) is 0 Å². The van der Waals surface area contributed by atoms with E-state index in [-0.39, 0.29) is 16.2 Å². The van der Waals surface area contributed by atoms with E-state index < -0.39 is 9.05 Å². The summed E-state index contributed by atoms with van der Waals surface area (Å²) in [6.45, 7) is 3.88. The molecule has 0 unspecified atom stereocenters. The number of ether oxygens (including phenoxy) is 2. The number of hydrogen-bond donors (Lipinski definition) is 0. The second-order valence-corrected chi connectivity index (χ2v) is 7.12. The lowest BCUT2D eigenvalue weighted by Gasteiger charge is -2.16. The average molecular weight is 277 g/mol. The molecule has 1 aromatic carbocycles. The summed E-state index contributed by atoms with van der Waals surface area (Å²) in [6, 6.07) is 3.09. The summed E-state index contributed by atoms with van der Waals surface area (Å²) < 4.78 is 33.5. The molecule has 0 bridgehead atoms. The summed E-state index contributed by atoms with van der Waals surface area (Å²) in [4.78, 5) is -0.0573. The van der Waals surface area contributed by atoms with Gasteiger partial charge in [0.1, 0.15) is 22.0 Å². The minimum absolute atomic E-state index is 0.0573. The lowest BCUT2D eigenvalue weighted by atomic mass is 10.0. The van der Waals surface area contributed by atoms with Crippen LogP contribution in [0.2, 0.25) is 0 Å². The predicted octanol–water partition coefficient (Wildman–Crippen LogP) is 2.34. The fourth-order valence-corrected chi connectivity index (χ4v) is 2.95. The zero-order chi connectivity index (χ0) is 12.8. The normalized spacial score (nSPS) is 17.4. The summed E-state index contributed by atoms with van der Waals surface area (Å²) >= 11 is 0. The van der Waals surface area contributed by atoms with E-state index in [9.17, 15) is 8.42 Å². The van der Waals surface area contributed by atoms with Crippen molar-refractivity contribution in [3.63, 3.8) is 0 Å². The van der Waals surface area contributed by atoms with E-state index in [2.05, 4.69) is 0 Å². The van der Waals surface area contributed by atoms with Crippen LogP contribution < -0.4 is 9.47 Å². The Labute approximate surface area is 105 Å². The zero-order valence-electron chi connectivity index (χ0n) is 9.78. The molecule has 0 atom stereocenters. The standard InChI is InChI=1S/C11H13ClO4S/c1-11(2)6-7-4-9(15-3)10(17(12,13)14)5-8(7)16-11/h4-5H,6H2,1-3H3. The molecule has 17 heavy (non-hydrogen) atoms. The van der Waals surface area contributed by atoms with Crippen LogP contribution in [0.4, 0.5) is 0 Å². The number of rotatable bonds is 2. The van der Waals surface area contributed by atoms with Gasteiger partial charge in [0.05, 0.1) is 7.11 Å². The van der Waals surface area contributed by atoms with Crippen LogP contribution in [0.25, 0.3) is 0 Å². The van der Waals surface area contributed by atoms with Gasteiger partial charge in [0, 0.05) is 28.7 Å². The SMILES string of the molecule is COc1cc2c(cc1S(=O)(=O)Cl)OC(C)(C)C2. The Morgan fingerprint density at radius 1 is 1.41 bits per heavy atom. The van der Waals surface area contributed by atoms with Crippen LogP contribution in [0.5, 0.6) is 11.5 Å². The van der Waals surface area contributed by atoms with Gasteiger partial charge in [0.2, 0.25) is 0 Å². The molecule has 0 radical (unpaired) electrons. The van der Waals surface area contributed by atoms with Crippen molar-refractivity contribution in [2.24, 2.45) is 0 Å². The van der Waals surface area contributed by atoms with Gasteiger partial charge in [-0.05, 0) is 19.9 Å². The van der Waals surface area contributed by atoms with Crippen LogP contribution >= 0.6 is 10.7 Å². The smallest absolute Gasteiger partial charge is 0.265 e. The first-order chi connectivity index (χ1) is 7.73. The number of benzene rings is 1. The molecule has 0 aliphatic carbocycles. The lowest BCUT2D eigenvalue weighted by molar-refractivity contribution is 0.138. The van der Waals surface area contributed by atoms with Crippen molar-refractivity contribution < 1.29 is 17.9 Å². The first kappa shape index (κ1) is 12.5. The van der Waals surface area contributed by atoms with Gasteiger partial charge in [-0.3, -0.25) is 0 Å². The Balaban J connectivity index is 2.60. The van der Waals surface area contributed by atoms with Gasteiger partial charge in [-0.15, -0.1) is 0 Å². The number of methoxy groups -OCH3 is 1. The maximum absolute atomic E-state index is 11.4. The Morgan fingerprint density at radius 3 is 2.59 bits per heavy atom. The van der Waals surface area contributed by atoms with E-state index in [0.29, 0.717) is 12.2 Å². The monoisotopic (exact) mass is 276 g/mol. The lowest BCUT2D eigenvalue weighted by Crippen LogP contribution is -2.24. The molecule has 1 aromatic rings. The second-order valence-electron chi connectivity index (χ2n) is 4.59. The molecule has 1 aliphatic rings. The fourth-order valence-electron chi connectivity index (χ4n) is 1.96. The second kappa shape index (κ2) is 3.78. The Morgan fingerprint density at radius 2 is 2.06 bits per heavy atom. The molecule has 6 heteroatoms. The number of fused-ring (bicyclic) bond motifs is 1. The maximum Gasteiger partial charge on any atom is 0.265 e. The quantitative estimate of drug-likeness (QED) is 0.778. The molecule has 2 rings (SSSR count). The van der Waals surface area contributed by atoms with Crippen LogP contribution in [-0.2, 0) is 15.5 Å². The van der Waals surface area contributed by atoms with Crippen molar-refractivity contribution in [2.75, 3.05) is 7.11 Å². The topological polar surface area (TPSA) is 52.6 Å². The van der Waals surface area contributed by atoms with Gasteiger partial charge in [-0.2, -0.15) is 0 Å². The molecule has 0 amide bonds. The highest BCUT2D eigenvalue weighted by Gasteiger charge is 2.32. The minimum atomic E-state index is -3.84. The summed E-state index contributed by atoms with van der Waals surface area (Å²) in [7, 11) is 2.93.